The maximum Gasteiger partial charge on any atom is 0.338 e. The minimum atomic E-state index is -0.330. The number of hydrogen-bond acceptors (Lipinski definition) is 5. The molecule has 0 bridgehead atoms. The topological polar surface area (TPSA) is 54.0 Å². The molecule has 0 aromatic heterocycles. The molecule has 2 aromatic rings. The zero-order chi connectivity index (χ0) is 19.9. The molecule has 2 aromatic carbocycles. The van der Waals surface area contributed by atoms with E-state index in [0.717, 1.165) is 43.3 Å². The van der Waals surface area contributed by atoms with Crippen molar-refractivity contribution in [3.05, 3.63) is 54.1 Å². The van der Waals surface area contributed by atoms with Gasteiger partial charge in [-0.25, -0.2) is 4.79 Å². The van der Waals surface area contributed by atoms with Gasteiger partial charge < -0.3 is 24.6 Å². The summed E-state index contributed by atoms with van der Waals surface area (Å²) < 4.78 is 10.4. The SMILES string of the molecule is CCOC(=O)c1cccc(NC(=S)N2CCN(c3cccc(OC)c3)CC2)c1. The number of hydrogen-bond donors (Lipinski definition) is 1. The Labute approximate surface area is 171 Å². The van der Waals surface area contributed by atoms with Crippen LogP contribution < -0.4 is 15.0 Å². The van der Waals surface area contributed by atoms with Gasteiger partial charge in [-0.1, -0.05) is 12.1 Å². The number of esters is 1. The molecule has 3 rings (SSSR count). The van der Waals surface area contributed by atoms with Crippen LogP contribution in [0.1, 0.15) is 17.3 Å². The fraction of sp³-hybridized carbons (Fsp3) is 0.333. The minimum Gasteiger partial charge on any atom is -0.497 e. The van der Waals surface area contributed by atoms with Crippen LogP contribution in [0.3, 0.4) is 0 Å². The summed E-state index contributed by atoms with van der Waals surface area (Å²) in [7, 11) is 1.68. The average Bonchev–Trinajstić information content (AvgIpc) is 2.74. The molecular weight excluding hydrogens is 374 g/mol. The smallest absolute Gasteiger partial charge is 0.338 e. The highest BCUT2D eigenvalue weighted by molar-refractivity contribution is 7.80. The van der Waals surface area contributed by atoms with Gasteiger partial charge in [-0.15, -0.1) is 0 Å². The maximum atomic E-state index is 11.9. The van der Waals surface area contributed by atoms with E-state index in [1.807, 2.05) is 30.3 Å². The third kappa shape index (κ3) is 4.92. The molecule has 6 nitrogen and oxygen atoms in total. The van der Waals surface area contributed by atoms with E-state index in [-0.39, 0.29) is 5.97 Å². The van der Waals surface area contributed by atoms with Crippen LogP contribution in [0, 0.1) is 0 Å². The van der Waals surface area contributed by atoms with E-state index in [1.165, 1.54) is 0 Å². The monoisotopic (exact) mass is 399 g/mol. The van der Waals surface area contributed by atoms with Crippen LogP contribution in [0.2, 0.25) is 0 Å². The summed E-state index contributed by atoms with van der Waals surface area (Å²) in [6.07, 6.45) is 0. The molecule has 1 heterocycles. The van der Waals surface area contributed by atoms with Gasteiger partial charge in [0.25, 0.3) is 0 Å². The first-order chi connectivity index (χ1) is 13.6. The second kappa shape index (κ2) is 9.41. The second-order valence-corrected chi connectivity index (χ2v) is 6.79. The van der Waals surface area contributed by atoms with E-state index in [1.54, 1.807) is 26.2 Å². The van der Waals surface area contributed by atoms with Gasteiger partial charge >= 0.3 is 5.97 Å². The summed E-state index contributed by atoms with van der Waals surface area (Å²) in [5.74, 6) is 0.530. The summed E-state index contributed by atoms with van der Waals surface area (Å²) in [5, 5.41) is 3.89. The number of thiocarbonyl (C=S) groups is 1. The Morgan fingerprint density at radius 2 is 1.86 bits per heavy atom. The Kier molecular flexibility index (Phi) is 6.71. The Morgan fingerprint density at radius 1 is 1.11 bits per heavy atom. The van der Waals surface area contributed by atoms with Crippen molar-refractivity contribution in [2.45, 2.75) is 6.92 Å². The van der Waals surface area contributed by atoms with E-state index < -0.39 is 0 Å². The Bertz CT molecular complexity index is 835. The first-order valence-electron chi connectivity index (χ1n) is 9.33. The zero-order valence-electron chi connectivity index (χ0n) is 16.2. The predicted octanol–water partition coefficient (Wildman–Crippen LogP) is 3.39. The normalized spacial score (nSPS) is 13.8. The lowest BCUT2D eigenvalue weighted by molar-refractivity contribution is 0.0526. The number of rotatable bonds is 5. The van der Waals surface area contributed by atoms with Crippen molar-refractivity contribution in [1.82, 2.24) is 4.90 Å². The molecular formula is C21H25N3O3S. The largest absolute Gasteiger partial charge is 0.497 e. The van der Waals surface area contributed by atoms with Gasteiger partial charge in [0, 0.05) is 43.6 Å². The highest BCUT2D eigenvalue weighted by Crippen LogP contribution is 2.22. The molecule has 7 heteroatoms. The summed E-state index contributed by atoms with van der Waals surface area (Å²) in [6, 6.07) is 15.3. The number of piperazine rings is 1. The van der Waals surface area contributed by atoms with Crippen molar-refractivity contribution < 1.29 is 14.3 Å². The molecule has 0 spiro atoms. The van der Waals surface area contributed by atoms with Crippen molar-refractivity contribution in [2.24, 2.45) is 0 Å². The van der Waals surface area contributed by atoms with Crippen molar-refractivity contribution in [3.63, 3.8) is 0 Å². The molecule has 1 N–H and O–H groups in total. The number of benzene rings is 2. The molecule has 0 saturated carbocycles. The van der Waals surface area contributed by atoms with Gasteiger partial charge in [0.15, 0.2) is 5.11 Å². The molecule has 1 aliphatic heterocycles. The lowest BCUT2D eigenvalue weighted by Gasteiger charge is -2.37. The predicted molar refractivity (Wildman–Crippen MR) is 115 cm³/mol. The molecule has 0 radical (unpaired) electrons. The van der Waals surface area contributed by atoms with Gasteiger partial charge in [0.1, 0.15) is 5.75 Å². The van der Waals surface area contributed by atoms with Crippen molar-refractivity contribution in [2.75, 3.05) is 50.1 Å². The third-order valence-electron chi connectivity index (χ3n) is 4.61. The standard InChI is InChI=1S/C21H25N3O3S/c1-3-27-20(25)16-6-4-7-17(14-16)22-21(28)24-12-10-23(11-13-24)18-8-5-9-19(15-18)26-2/h4-9,14-15H,3,10-13H2,1-2H3,(H,22,28). The Morgan fingerprint density at radius 3 is 2.57 bits per heavy atom. The minimum absolute atomic E-state index is 0.330. The van der Waals surface area contributed by atoms with Crippen molar-refractivity contribution >= 4 is 34.7 Å². The molecule has 0 amide bonds. The first kappa shape index (κ1) is 19.9. The Balaban J connectivity index is 1.57. The van der Waals surface area contributed by atoms with Crippen LogP contribution in [-0.2, 0) is 4.74 Å². The molecule has 0 aliphatic carbocycles. The molecule has 1 saturated heterocycles. The van der Waals surface area contributed by atoms with Gasteiger partial charge in [-0.05, 0) is 49.5 Å². The molecule has 1 fully saturated rings. The van der Waals surface area contributed by atoms with Crippen molar-refractivity contribution in [3.8, 4) is 5.75 Å². The van der Waals surface area contributed by atoms with Crippen molar-refractivity contribution in [1.29, 1.82) is 0 Å². The molecule has 0 atom stereocenters. The first-order valence-corrected chi connectivity index (χ1v) is 9.73. The number of anilines is 2. The fourth-order valence-electron chi connectivity index (χ4n) is 3.12. The second-order valence-electron chi connectivity index (χ2n) is 6.41. The van der Waals surface area contributed by atoms with Crippen LogP contribution in [0.15, 0.2) is 48.5 Å². The number of ether oxygens (including phenoxy) is 2. The number of carbonyl (C=O) groups excluding carboxylic acids is 1. The summed E-state index contributed by atoms with van der Waals surface area (Å²) in [5.41, 5.74) is 2.45. The highest BCUT2D eigenvalue weighted by atomic mass is 32.1. The number of nitrogens with zero attached hydrogens (tertiary/aromatic N) is 2. The van der Waals surface area contributed by atoms with E-state index >= 15 is 0 Å². The fourth-order valence-corrected chi connectivity index (χ4v) is 3.42. The Hall–Kier alpha value is -2.80. The van der Waals surface area contributed by atoms with Gasteiger partial charge in [-0.2, -0.15) is 0 Å². The third-order valence-corrected chi connectivity index (χ3v) is 4.97. The quantitative estimate of drug-likeness (QED) is 0.611. The molecule has 148 valence electrons. The van der Waals surface area contributed by atoms with Crippen LogP contribution >= 0.6 is 12.2 Å². The number of methoxy groups -OCH3 is 1. The average molecular weight is 400 g/mol. The van der Waals surface area contributed by atoms with E-state index in [0.29, 0.717) is 17.3 Å². The van der Waals surface area contributed by atoms with E-state index in [4.69, 9.17) is 21.7 Å². The molecule has 28 heavy (non-hydrogen) atoms. The zero-order valence-corrected chi connectivity index (χ0v) is 17.0. The maximum absolute atomic E-state index is 11.9. The summed E-state index contributed by atoms with van der Waals surface area (Å²) >= 11 is 5.57. The lowest BCUT2D eigenvalue weighted by atomic mass is 10.2. The molecule has 0 unspecified atom stereocenters. The van der Waals surface area contributed by atoms with Crippen LogP contribution in [0.5, 0.6) is 5.75 Å². The number of carbonyl (C=O) groups is 1. The van der Waals surface area contributed by atoms with Gasteiger partial charge in [0.05, 0.1) is 19.3 Å². The lowest BCUT2D eigenvalue weighted by Crippen LogP contribution is -2.50. The van der Waals surface area contributed by atoms with Gasteiger partial charge in [0.2, 0.25) is 0 Å². The van der Waals surface area contributed by atoms with Crippen LogP contribution in [0.4, 0.5) is 11.4 Å². The van der Waals surface area contributed by atoms with Crippen LogP contribution in [0.25, 0.3) is 0 Å². The van der Waals surface area contributed by atoms with E-state index in [2.05, 4.69) is 21.2 Å². The van der Waals surface area contributed by atoms with E-state index in [9.17, 15) is 4.79 Å². The van der Waals surface area contributed by atoms with Gasteiger partial charge in [-0.3, -0.25) is 0 Å². The number of nitrogens with one attached hydrogen (secondary N) is 1. The molecule has 1 aliphatic rings. The van der Waals surface area contributed by atoms with Crippen LogP contribution in [-0.4, -0.2) is 55.9 Å². The summed E-state index contributed by atoms with van der Waals surface area (Å²) in [6.45, 7) is 5.53. The highest BCUT2D eigenvalue weighted by Gasteiger charge is 2.20. The summed E-state index contributed by atoms with van der Waals surface area (Å²) in [4.78, 5) is 16.4.